The Bertz CT molecular complexity index is 604. The van der Waals surface area contributed by atoms with Crippen LogP contribution >= 0.6 is 0 Å². The van der Waals surface area contributed by atoms with Crippen LogP contribution in [0.5, 0.6) is 0 Å². The van der Waals surface area contributed by atoms with Gasteiger partial charge in [-0.25, -0.2) is 13.2 Å². The largest absolute Gasteiger partial charge is 0.381 e. The molecule has 0 spiro atoms. The van der Waals surface area contributed by atoms with Crippen molar-refractivity contribution in [2.45, 2.75) is 20.0 Å². The lowest BCUT2D eigenvalue weighted by Crippen LogP contribution is -2.37. The van der Waals surface area contributed by atoms with Crippen LogP contribution in [0.15, 0.2) is 24.3 Å². The molecular formula is C14H23N3O4S. The number of methoxy groups -OCH3 is 1. The highest BCUT2D eigenvalue weighted by Crippen LogP contribution is 2.19. The predicted molar refractivity (Wildman–Crippen MR) is 87.8 cm³/mol. The van der Waals surface area contributed by atoms with Gasteiger partial charge in [0, 0.05) is 26.4 Å². The van der Waals surface area contributed by atoms with E-state index in [9.17, 15) is 13.2 Å². The second kappa shape index (κ2) is 8.00. The molecule has 2 amide bonds. The number of rotatable bonds is 7. The minimum absolute atomic E-state index is 0.139. The van der Waals surface area contributed by atoms with Gasteiger partial charge in [-0.15, -0.1) is 0 Å². The Labute approximate surface area is 131 Å². The minimum Gasteiger partial charge on any atom is -0.381 e. The highest BCUT2D eigenvalue weighted by molar-refractivity contribution is 7.92. The molecule has 0 aliphatic heterocycles. The quantitative estimate of drug-likeness (QED) is 0.796. The molecular weight excluding hydrogens is 306 g/mol. The van der Waals surface area contributed by atoms with Gasteiger partial charge in [-0.1, -0.05) is 6.07 Å². The summed E-state index contributed by atoms with van der Waals surface area (Å²) in [5.41, 5.74) is 0.989. The first-order valence-electron chi connectivity index (χ1n) is 6.94. The SMILES string of the molecule is CCNC(=O)N(C)c1cccc(NS(=O)(=O)C[C@H](C)OC)c1. The van der Waals surface area contributed by atoms with Crippen LogP contribution in [0.1, 0.15) is 13.8 Å². The number of ether oxygens (including phenoxy) is 1. The molecule has 1 atom stereocenters. The van der Waals surface area contributed by atoms with Crippen molar-refractivity contribution in [3.63, 3.8) is 0 Å². The molecule has 0 aromatic heterocycles. The second-order valence-electron chi connectivity index (χ2n) is 4.87. The van der Waals surface area contributed by atoms with Crippen LogP contribution < -0.4 is 14.9 Å². The zero-order valence-corrected chi connectivity index (χ0v) is 14.1. The normalized spacial score (nSPS) is 12.5. The Kier molecular flexibility index (Phi) is 6.63. The van der Waals surface area contributed by atoms with Gasteiger partial charge in [0.2, 0.25) is 10.0 Å². The molecule has 0 aliphatic rings. The average molecular weight is 329 g/mol. The third-order valence-corrected chi connectivity index (χ3v) is 4.45. The number of hydrogen-bond donors (Lipinski definition) is 2. The maximum absolute atomic E-state index is 12.0. The third-order valence-electron chi connectivity index (χ3n) is 3.00. The summed E-state index contributed by atoms with van der Waals surface area (Å²) >= 11 is 0. The van der Waals surface area contributed by atoms with Gasteiger partial charge in [0.1, 0.15) is 0 Å². The Morgan fingerprint density at radius 2 is 2.09 bits per heavy atom. The molecule has 0 saturated heterocycles. The molecule has 0 saturated carbocycles. The lowest BCUT2D eigenvalue weighted by Gasteiger charge is -2.19. The molecule has 0 heterocycles. The highest BCUT2D eigenvalue weighted by Gasteiger charge is 2.16. The topological polar surface area (TPSA) is 87.7 Å². The van der Waals surface area contributed by atoms with Crippen LogP contribution in [-0.4, -0.2) is 47.0 Å². The van der Waals surface area contributed by atoms with E-state index in [1.807, 2.05) is 6.92 Å². The van der Waals surface area contributed by atoms with Crippen LogP contribution in [0.4, 0.5) is 16.2 Å². The highest BCUT2D eigenvalue weighted by atomic mass is 32.2. The van der Waals surface area contributed by atoms with Gasteiger partial charge in [0.25, 0.3) is 0 Å². The van der Waals surface area contributed by atoms with Crippen molar-refractivity contribution < 1.29 is 17.9 Å². The van der Waals surface area contributed by atoms with E-state index in [2.05, 4.69) is 10.0 Å². The maximum atomic E-state index is 12.0. The predicted octanol–water partition coefficient (Wildman–Crippen LogP) is 1.63. The number of hydrogen-bond acceptors (Lipinski definition) is 4. The van der Waals surface area contributed by atoms with Crippen molar-refractivity contribution in [3.05, 3.63) is 24.3 Å². The zero-order chi connectivity index (χ0) is 16.8. The molecule has 22 heavy (non-hydrogen) atoms. The van der Waals surface area contributed by atoms with E-state index in [1.54, 1.807) is 38.2 Å². The van der Waals surface area contributed by atoms with Crippen LogP contribution in [-0.2, 0) is 14.8 Å². The van der Waals surface area contributed by atoms with Gasteiger partial charge in [-0.05, 0) is 32.0 Å². The molecule has 2 N–H and O–H groups in total. The van der Waals surface area contributed by atoms with Gasteiger partial charge in [0.05, 0.1) is 17.5 Å². The first-order chi connectivity index (χ1) is 10.3. The fourth-order valence-electron chi connectivity index (χ4n) is 1.76. The molecule has 1 aromatic rings. The first-order valence-corrected chi connectivity index (χ1v) is 8.59. The average Bonchev–Trinajstić information content (AvgIpc) is 2.45. The smallest absolute Gasteiger partial charge is 0.321 e. The van der Waals surface area contributed by atoms with Crippen molar-refractivity contribution in [1.29, 1.82) is 0 Å². The van der Waals surface area contributed by atoms with Gasteiger partial charge in [-0.2, -0.15) is 0 Å². The number of amides is 2. The van der Waals surface area contributed by atoms with Crippen molar-refractivity contribution in [2.24, 2.45) is 0 Å². The van der Waals surface area contributed by atoms with Gasteiger partial charge >= 0.3 is 6.03 Å². The number of carbonyl (C=O) groups excluding carboxylic acids is 1. The minimum atomic E-state index is -3.51. The summed E-state index contributed by atoms with van der Waals surface area (Å²) in [6.07, 6.45) is -0.404. The molecule has 8 heteroatoms. The molecule has 0 unspecified atom stereocenters. The number of sulfonamides is 1. The van der Waals surface area contributed by atoms with E-state index in [0.717, 1.165) is 0 Å². The molecule has 0 aliphatic carbocycles. The van der Waals surface area contributed by atoms with E-state index < -0.39 is 16.1 Å². The number of benzene rings is 1. The van der Waals surface area contributed by atoms with Crippen LogP contribution in [0.3, 0.4) is 0 Å². The molecule has 7 nitrogen and oxygen atoms in total. The van der Waals surface area contributed by atoms with E-state index in [4.69, 9.17) is 4.74 Å². The lowest BCUT2D eigenvalue weighted by molar-refractivity contribution is 0.136. The second-order valence-corrected chi connectivity index (χ2v) is 6.64. The fraction of sp³-hybridized carbons (Fsp3) is 0.500. The summed E-state index contributed by atoms with van der Waals surface area (Å²) in [4.78, 5) is 13.2. The lowest BCUT2D eigenvalue weighted by atomic mass is 10.2. The number of carbonyl (C=O) groups is 1. The zero-order valence-electron chi connectivity index (χ0n) is 13.3. The third kappa shape index (κ3) is 5.53. The number of anilines is 2. The molecule has 1 aromatic carbocycles. The Hall–Kier alpha value is -1.80. The van der Waals surface area contributed by atoms with Crippen molar-refractivity contribution in [1.82, 2.24) is 5.32 Å². The number of nitrogens with one attached hydrogen (secondary N) is 2. The van der Waals surface area contributed by atoms with E-state index in [0.29, 0.717) is 17.9 Å². The molecule has 124 valence electrons. The van der Waals surface area contributed by atoms with Gasteiger partial charge in [-0.3, -0.25) is 9.62 Å². The fourth-order valence-corrected chi connectivity index (χ4v) is 3.09. The Morgan fingerprint density at radius 3 is 2.68 bits per heavy atom. The van der Waals surface area contributed by atoms with Crippen LogP contribution in [0, 0.1) is 0 Å². The van der Waals surface area contributed by atoms with Crippen molar-refractivity contribution >= 4 is 27.4 Å². The van der Waals surface area contributed by atoms with Gasteiger partial charge in [0.15, 0.2) is 0 Å². The summed E-state index contributed by atoms with van der Waals surface area (Å²) in [6, 6.07) is 6.39. The standard InChI is InChI=1S/C14H23N3O4S/c1-5-15-14(18)17(3)13-8-6-7-12(9-13)16-22(19,20)10-11(2)21-4/h6-9,11,16H,5,10H2,1-4H3,(H,15,18)/t11-/m0/s1. The first kappa shape index (κ1) is 18.2. The van der Waals surface area contributed by atoms with Crippen molar-refractivity contribution in [2.75, 3.05) is 36.1 Å². The van der Waals surface area contributed by atoms with Gasteiger partial charge < -0.3 is 10.1 Å². The summed E-state index contributed by atoms with van der Waals surface area (Å²) in [5.74, 6) is -0.139. The number of urea groups is 1. The monoisotopic (exact) mass is 329 g/mol. The molecule has 1 rings (SSSR count). The number of nitrogens with zero attached hydrogens (tertiary/aromatic N) is 1. The Morgan fingerprint density at radius 1 is 1.41 bits per heavy atom. The van der Waals surface area contributed by atoms with E-state index in [1.165, 1.54) is 12.0 Å². The summed E-state index contributed by atoms with van der Waals surface area (Å²) in [5, 5.41) is 2.68. The van der Waals surface area contributed by atoms with Crippen molar-refractivity contribution in [3.8, 4) is 0 Å². The molecule has 0 fully saturated rings. The summed E-state index contributed by atoms with van der Waals surface area (Å²) < 4.78 is 31.5. The summed E-state index contributed by atoms with van der Waals surface area (Å²) in [7, 11) is -0.436. The summed E-state index contributed by atoms with van der Waals surface area (Å²) in [6.45, 7) is 4.02. The maximum Gasteiger partial charge on any atom is 0.321 e. The Balaban J connectivity index is 2.86. The molecule has 0 radical (unpaired) electrons. The van der Waals surface area contributed by atoms with E-state index in [-0.39, 0.29) is 11.8 Å². The van der Waals surface area contributed by atoms with Crippen LogP contribution in [0.2, 0.25) is 0 Å². The van der Waals surface area contributed by atoms with Crippen LogP contribution in [0.25, 0.3) is 0 Å². The van der Waals surface area contributed by atoms with E-state index >= 15 is 0 Å². The molecule has 0 bridgehead atoms.